The SMILES string of the molecule is CC[C@H](C)N(C)CCNC(=O)c1ccnc(-n2cncn2)c1. The number of pyridine rings is 1. The first-order valence-electron chi connectivity index (χ1n) is 7.41. The molecule has 1 atom stereocenters. The smallest absolute Gasteiger partial charge is 0.251 e. The van der Waals surface area contributed by atoms with Crippen molar-refractivity contribution in [3.05, 3.63) is 36.5 Å². The molecular formula is C15H22N6O. The molecule has 0 bridgehead atoms. The first-order chi connectivity index (χ1) is 10.6. The summed E-state index contributed by atoms with van der Waals surface area (Å²) in [6.45, 7) is 5.76. The number of nitrogens with one attached hydrogen (secondary N) is 1. The van der Waals surface area contributed by atoms with E-state index >= 15 is 0 Å². The first kappa shape index (κ1) is 16.1. The predicted octanol–water partition coefficient (Wildman–Crippen LogP) is 1.12. The highest BCUT2D eigenvalue weighted by Crippen LogP contribution is 2.05. The Balaban J connectivity index is 1.92. The van der Waals surface area contributed by atoms with Crippen molar-refractivity contribution in [1.82, 2.24) is 30.0 Å². The molecule has 1 N–H and O–H groups in total. The lowest BCUT2D eigenvalue weighted by Gasteiger charge is -2.23. The van der Waals surface area contributed by atoms with E-state index in [0.717, 1.165) is 13.0 Å². The molecule has 0 saturated heterocycles. The molecule has 0 radical (unpaired) electrons. The molecule has 0 unspecified atom stereocenters. The molecule has 0 fully saturated rings. The van der Waals surface area contributed by atoms with Crippen molar-refractivity contribution >= 4 is 5.91 Å². The lowest BCUT2D eigenvalue weighted by Crippen LogP contribution is -2.37. The normalized spacial score (nSPS) is 12.4. The average Bonchev–Trinajstić information content (AvgIpc) is 3.08. The van der Waals surface area contributed by atoms with Crippen molar-refractivity contribution < 1.29 is 4.79 Å². The minimum absolute atomic E-state index is 0.110. The van der Waals surface area contributed by atoms with Crippen molar-refractivity contribution in [1.29, 1.82) is 0 Å². The van der Waals surface area contributed by atoms with E-state index in [2.05, 4.69) is 46.2 Å². The van der Waals surface area contributed by atoms with Crippen LogP contribution >= 0.6 is 0 Å². The molecule has 2 heterocycles. The number of rotatable bonds is 7. The molecule has 0 aliphatic carbocycles. The van der Waals surface area contributed by atoms with Gasteiger partial charge in [0, 0.05) is 30.9 Å². The Morgan fingerprint density at radius 3 is 3.00 bits per heavy atom. The van der Waals surface area contributed by atoms with Gasteiger partial charge in [0.05, 0.1) is 0 Å². The van der Waals surface area contributed by atoms with Gasteiger partial charge in [-0.15, -0.1) is 0 Å². The Hall–Kier alpha value is -2.28. The van der Waals surface area contributed by atoms with Gasteiger partial charge in [0.2, 0.25) is 0 Å². The third kappa shape index (κ3) is 4.11. The van der Waals surface area contributed by atoms with Gasteiger partial charge in [-0.25, -0.2) is 14.6 Å². The van der Waals surface area contributed by atoms with Gasteiger partial charge in [0.15, 0.2) is 5.82 Å². The largest absolute Gasteiger partial charge is 0.351 e. The molecular weight excluding hydrogens is 280 g/mol. The number of carbonyl (C=O) groups is 1. The molecule has 1 amide bonds. The summed E-state index contributed by atoms with van der Waals surface area (Å²) in [5, 5.41) is 6.93. The van der Waals surface area contributed by atoms with Gasteiger partial charge in [-0.3, -0.25) is 4.79 Å². The summed E-state index contributed by atoms with van der Waals surface area (Å²) in [5.41, 5.74) is 0.562. The monoisotopic (exact) mass is 302 g/mol. The predicted molar refractivity (Wildman–Crippen MR) is 83.9 cm³/mol. The van der Waals surface area contributed by atoms with E-state index in [1.165, 1.54) is 11.0 Å². The minimum atomic E-state index is -0.110. The van der Waals surface area contributed by atoms with Gasteiger partial charge < -0.3 is 10.2 Å². The maximum atomic E-state index is 12.2. The standard InChI is InChI=1S/C15H22N6O/c1-4-12(2)20(3)8-7-18-15(22)13-5-6-17-14(9-13)21-11-16-10-19-21/h5-6,9-12H,4,7-8H2,1-3H3,(H,18,22)/t12-/m0/s1. The molecule has 0 aliphatic rings. The minimum Gasteiger partial charge on any atom is -0.351 e. The number of aromatic nitrogens is 4. The lowest BCUT2D eigenvalue weighted by molar-refractivity contribution is 0.0947. The second kappa shape index (κ2) is 7.65. The molecule has 0 saturated carbocycles. The van der Waals surface area contributed by atoms with Gasteiger partial charge >= 0.3 is 0 Å². The molecule has 2 aromatic heterocycles. The summed E-state index contributed by atoms with van der Waals surface area (Å²) >= 11 is 0. The van der Waals surface area contributed by atoms with E-state index in [-0.39, 0.29) is 5.91 Å². The molecule has 118 valence electrons. The van der Waals surface area contributed by atoms with Crippen LogP contribution in [0.2, 0.25) is 0 Å². The molecule has 7 nitrogen and oxygen atoms in total. The van der Waals surface area contributed by atoms with Crippen LogP contribution in [-0.2, 0) is 0 Å². The summed E-state index contributed by atoms with van der Waals surface area (Å²) in [5.74, 6) is 0.461. The van der Waals surface area contributed by atoms with Gasteiger partial charge in [0.1, 0.15) is 12.7 Å². The summed E-state index contributed by atoms with van der Waals surface area (Å²) in [4.78, 5) is 22.5. The van der Waals surface area contributed by atoms with Crippen LogP contribution in [0.3, 0.4) is 0 Å². The summed E-state index contributed by atoms with van der Waals surface area (Å²) in [6.07, 6.45) is 5.66. The molecule has 0 aliphatic heterocycles. The zero-order valence-corrected chi connectivity index (χ0v) is 13.2. The van der Waals surface area contributed by atoms with Crippen LogP contribution in [0.1, 0.15) is 30.6 Å². The lowest BCUT2D eigenvalue weighted by atomic mass is 10.2. The quantitative estimate of drug-likeness (QED) is 0.829. The second-order valence-electron chi connectivity index (χ2n) is 5.24. The highest BCUT2D eigenvalue weighted by atomic mass is 16.1. The third-order valence-corrected chi connectivity index (χ3v) is 3.75. The maximum Gasteiger partial charge on any atom is 0.251 e. The number of likely N-dealkylation sites (N-methyl/N-ethyl adjacent to an activating group) is 1. The average molecular weight is 302 g/mol. The Labute approximate surface area is 130 Å². The summed E-state index contributed by atoms with van der Waals surface area (Å²) in [7, 11) is 2.07. The van der Waals surface area contributed by atoms with E-state index in [0.29, 0.717) is 24.0 Å². The zero-order chi connectivity index (χ0) is 15.9. The van der Waals surface area contributed by atoms with Crippen LogP contribution in [0.5, 0.6) is 0 Å². The van der Waals surface area contributed by atoms with E-state index in [4.69, 9.17) is 0 Å². The third-order valence-electron chi connectivity index (χ3n) is 3.75. The first-order valence-corrected chi connectivity index (χ1v) is 7.41. The fourth-order valence-electron chi connectivity index (χ4n) is 1.99. The Morgan fingerprint density at radius 1 is 1.50 bits per heavy atom. The number of amides is 1. The molecule has 0 aromatic carbocycles. The van der Waals surface area contributed by atoms with E-state index in [9.17, 15) is 4.79 Å². The highest BCUT2D eigenvalue weighted by Gasteiger charge is 2.10. The maximum absolute atomic E-state index is 12.2. The van der Waals surface area contributed by atoms with Crippen LogP contribution < -0.4 is 5.32 Å². The zero-order valence-electron chi connectivity index (χ0n) is 13.2. The highest BCUT2D eigenvalue weighted by molar-refractivity contribution is 5.94. The van der Waals surface area contributed by atoms with E-state index in [1.54, 1.807) is 24.7 Å². The number of nitrogens with zero attached hydrogens (tertiary/aromatic N) is 5. The topological polar surface area (TPSA) is 75.9 Å². The van der Waals surface area contributed by atoms with Gasteiger partial charge in [-0.1, -0.05) is 6.92 Å². The van der Waals surface area contributed by atoms with Gasteiger partial charge in [-0.2, -0.15) is 5.10 Å². The molecule has 2 aromatic rings. The van der Waals surface area contributed by atoms with Crippen LogP contribution in [0.25, 0.3) is 5.82 Å². The number of carbonyl (C=O) groups excluding carboxylic acids is 1. The second-order valence-corrected chi connectivity index (χ2v) is 5.24. The van der Waals surface area contributed by atoms with Crippen LogP contribution in [-0.4, -0.2) is 56.7 Å². The summed E-state index contributed by atoms with van der Waals surface area (Å²) in [6, 6.07) is 3.90. The van der Waals surface area contributed by atoms with Crippen LogP contribution in [0, 0.1) is 0 Å². The van der Waals surface area contributed by atoms with Crippen LogP contribution in [0.15, 0.2) is 31.0 Å². The van der Waals surface area contributed by atoms with Crippen molar-refractivity contribution in [2.75, 3.05) is 20.1 Å². The van der Waals surface area contributed by atoms with Gasteiger partial charge in [0.25, 0.3) is 5.91 Å². The van der Waals surface area contributed by atoms with Crippen molar-refractivity contribution in [2.45, 2.75) is 26.3 Å². The Kier molecular flexibility index (Phi) is 5.60. The Bertz CT molecular complexity index is 598. The van der Waals surface area contributed by atoms with Crippen LogP contribution in [0.4, 0.5) is 0 Å². The molecule has 2 rings (SSSR count). The van der Waals surface area contributed by atoms with Crippen molar-refractivity contribution in [2.24, 2.45) is 0 Å². The van der Waals surface area contributed by atoms with Gasteiger partial charge in [-0.05, 0) is 32.5 Å². The summed E-state index contributed by atoms with van der Waals surface area (Å²) < 4.78 is 1.52. The Morgan fingerprint density at radius 2 is 2.32 bits per heavy atom. The van der Waals surface area contributed by atoms with E-state index < -0.39 is 0 Å². The molecule has 7 heteroatoms. The van der Waals surface area contributed by atoms with Crippen molar-refractivity contribution in [3.63, 3.8) is 0 Å². The molecule has 22 heavy (non-hydrogen) atoms. The number of hydrogen-bond acceptors (Lipinski definition) is 5. The fourth-order valence-corrected chi connectivity index (χ4v) is 1.99. The van der Waals surface area contributed by atoms with E-state index in [1.807, 2.05) is 0 Å². The molecule has 0 spiro atoms. The van der Waals surface area contributed by atoms with Crippen molar-refractivity contribution in [3.8, 4) is 5.82 Å². The number of hydrogen-bond donors (Lipinski definition) is 1. The fraction of sp³-hybridized carbons (Fsp3) is 0.467.